The van der Waals surface area contributed by atoms with Crippen molar-refractivity contribution in [2.24, 2.45) is 5.10 Å². The van der Waals surface area contributed by atoms with E-state index in [1.165, 1.54) is 17.3 Å². The summed E-state index contributed by atoms with van der Waals surface area (Å²) in [5, 5.41) is 9.04. The molecule has 0 aliphatic rings. The Morgan fingerprint density at radius 2 is 2.04 bits per heavy atom. The number of hydrogen-bond acceptors (Lipinski definition) is 3. The number of para-hydroxylation sites is 1. The third-order valence-electron chi connectivity index (χ3n) is 3.60. The van der Waals surface area contributed by atoms with Crippen LogP contribution in [0.3, 0.4) is 0 Å². The van der Waals surface area contributed by atoms with E-state index in [4.69, 9.17) is 6.42 Å². The van der Waals surface area contributed by atoms with Crippen LogP contribution in [0.2, 0.25) is 0 Å². The maximum absolute atomic E-state index is 13.9. The Kier molecular flexibility index (Phi) is 6.37. The van der Waals surface area contributed by atoms with Crippen molar-refractivity contribution in [3.8, 4) is 12.3 Å². The fourth-order valence-corrected chi connectivity index (χ4v) is 2.58. The minimum absolute atomic E-state index is 0.214. The van der Waals surface area contributed by atoms with Gasteiger partial charge in [0, 0.05) is 15.7 Å². The summed E-state index contributed by atoms with van der Waals surface area (Å²) in [5.41, 5.74) is 3.50. The molecule has 0 aliphatic heterocycles. The standard InChI is InChI=1S/C20H19BrFN3/c1-5-11-25(23-13-17-9-10-18(21)12-19(17)22)16(4)24-20-14(2)7-6-8-15(20)3/h1,6-10,12-13,24H,4,11H2,2-3H3/b23-13+. The summed E-state index contributed by atoms with van der Waals surface area (Å²) in [6.45, 7) is 8.24. The van der Waals surface area contributed by atoms with Crippen molar-refractivity contribution < 1.29 is 4.39 Å². The Bertz CT molecular complexity index is 832. The van der Waals surface area contributed by atoms with Gasteiger partial charge in [0.2, 0.25) is 0 Å². The van der Waals surface area contributed by atoms with Crippen molar-refractivity contribution in [1.82, 2.24) is 5.01 Å². The number of nitrogens with zero attached hydrogens (tertiary/aromatic N) is 2. The molecule has 0 radical (unpaired) electrons. The molecule has 0 amide bonds. The first-order valence-corrected chi connectivity index (χ1v) is 8.44. The van der Waals surface area contributed by atoms with E-state index in [1.807, 2.05) is 32.0 Å². The summed E-state index contributed by atoms with van der Waals surface area (Å²) in [6, 6.07) is 10.8. The van der Waals surface area contributed by atoms with Crippen LogP contribution in [-0.2, 0) is 0 Å². The second-order valence-electron chi connectivity index (χ2n) is 5.51. The van der Waals surface area contributed by atoms with Crippen LogP contribution in [-0.4, -0.2) is 17.8 Å². The largest absolute Gasteiger partial charge is 0.341 e. The molecule has 0 aliphatic carbocycles. The SMILES string of the molecule is C#CCN(/N=C/c1ccc(Br)cc1F)C(=C)Nc1c(C)cccc1C. The predicted octanol–water partition coefficient (Wildman–Crippen LogP) is 5.06. The highest BCUT2D eigenvalue weighted by molar-refractivity contribution is 9.10. The number of terminal acetylenes is 1. The highest BCUT2D eigenvalue weighted by Gasteiger charge is 2.09. The zero-order valence-electron chi connectivity index (χ0n) is 14.2. The van der Waals surface area contributed by atoms with E-state index in [1.54, 1.807) is 12.1 Å². The topological polar surface area (TPSA) is 27.6 Å². The number of aryl methyl sites for hydroxylation is 2. The van der Waals surface area contributed by atoms with Gasteiger partial charge in [-0.05, 0) is 43.2 Å². The van der Waals surface area contributed by atoms with Gasteiger partial charge in [0.05, 0.1) is 6.21 Å². The number of hydrazone groups is 1. The van der Waals surface area contributed by atoms with Crippen LogP contribution in [0, 0.1) is 32.0 Å². The Morgan fingerprint density at radius 3 is 2.64 bits per heavy atom. The van der Waals surface area contributed by atoms with Gasteiger partial charge in [-0.15, -0.1) is 6.42 Å². The van der Waals surface area contributed by atoms with E-state index in [9.17, 15) is 4.39 Å². The molecule has 0 saturated heterocycles. The zero-order valence-corrected chi connectivity index (χ0v) is 15.8. The molecule has 0 spiro atoms. The number of nitrogens with one attached hydrogen (secondary N) is 1. The fourth-order valence-electron chi connectivity index (χ4n) is 2.25. The maximum Gasteiger partial charge on any atom is 0.133 e. The number of halogens is 2. The molecule has 0 unspecified atom stereocenters. The van der Waals surface area contributed by atoms with Gasteiger partial charge in [-0.2, -0.15) is 5.10 Å². The van der Waals surface area contributed by atoms with Crippen molar-refractivity contribution in [2.75, 3.05) is 11.9 Å². The van der Waals surface area contributed by atoms with Gasteiger partial charge < -0.3 is 5.32 Å². The third-order valence-corrected chi connectivity index (χ3v) is 4.09. The molecule has 0 saturated carbocycles. The molecule has 2 aromatic rings. The average molecular weight is 400 g/mol. The van der Waals surface area contributed by atoms with E-state index in [0.29, 0.717) is 15.9 Å². The summed E-state index contributed by atoms with van der Waals surface area (Å²) in [4.78, 5) is 0. The Balaban J connectivity index is 2.21. The Labute approximate surface area is 156 Å². The molecule has 0 aromatic heterocycles. The summed E-state index contributed by atoms with van der Waals surface area (Å²) in [5.74, 6) is 2.68. The van der Waals surface area contributed by atoms with Crippen molar-refractivity contribution in [3.63, 3.8) is 0 Å². The zero-order chi connectivity index (χ0) is 18.4. The lowest BCUT2D eigenvalue weighted by Gasteiger charge is -2.22. The minimum atomic E-state index is -0.368. The van der Waals surface area contributed by atoms with Crippen molar-refractivity contribution in [2.45, 2.75) is 13.8 Å². The minimum Gasteiger partial charge on any atom is -0.341 e. The molecule has 5 heteroatoms. The molecular formula is C20H19BrFN3. The van der Waals surface area contributed by atoms with Crippen LogP contribution in [0.1, 0.15) is 16.7 Å². The summed E-state index contributed by atoms with van der Waals surface area (Å²) >= 11 is 3.23. The molecule has 25 heavy (non-hydrogen) atoms. The van der Waals surface area contributed by atoms with E-state index in [2.05, 4.69) is 38.8 Å². The van der Waals surface area contributed by atoms with Gasteiger partial charge in [0.15, 0.2) is 0 Å². The molecule has 3 nitrogen and oxygen atoms in total. The predicted molar refractivity (Wildman–Crippen MR) is 106 cm³/mol. The molecule has 1 N–H and O–H groups in total. The highest BCUT2D eigenvalue weighted by Crippen LogP contribution is 2.22. The van der Waals surface area contributed by atoms with Crippen LogP contribution in [0.5, 0.6) is 0 Å². The first-order chi connectivity index (χ1) is 11.9. The van der Waals surface area contributed by atoms with E-state index in [0.717, 1.165) is 16.8 Å². The lowest BCUT2D eigenvalue weighted by molar-refractivity contribution is 0.419. The second-order valence-corrected chi connectivity index (χ2v) is 6.43. The lowest BCUT2D eigenvalue weighted by atomic mass is 10.1. The maximum atomic E-state index is 13.9. The number of benzene rings is 2. The molecule has 128 valence electrons. The average Bonchev–Trinajstić information content (AvgIpc) is 2.56. The van der Waals surface area contributed by atoms with Gasteiger partial charge in [0.25, 0.3) is 0 Å². The Hall–Kier alpha value is -2.58. The highest BCUT2D eigenvalue weighted by atomic mass is 79.9. The Morgan fingerprint density at radius 1 is 1.36 bits per heavy atom. The van der Waals surface area contributed by atoms with E-state index >= 15 is 0 Å². The molecule has 2 rings (SSSR count). The van der Waals surface area contributed by atoms with Crippen LogP contribution in [0.4, 0.5) is 10.1 Å². The van der Waals surface area contributed by atoms with Crippen molar-refractivity contribution in [1.29, 1.82) is 0 Å². The normalized spacial score (nSPS) is 10.5. The molecule has 0 atom stereocenters. The van der Waals surface area contributed by atoms with Crippen LogP contribution in [0.15, 0.2) is 58.4 Å². The van der Waals surface area contributed by atoms with E-state index < -0.39 is 0 Å². The summed E-state index contributed by atoms with van der Waals surface area (Å²) < 4.78 is 14.6. The molecular weight excluding hydrogens is 381 g/mol. The van der Waals surface area contributed by atoms with Gasteiger partial charge in [-0.1, -0.05) is 46.6 Å². The first-order valence-electron chi connectivity index (χ1n) is 7.64. The fraction of sp³-hybridized carbons (Fsp3) is 0.150. The number of anilines is 1. The van der Waals surface area contributed by atoms with Gasteiger partial charge in [-0.3, -0.25) is 0 Å². The third kappa shape index (κ3) is 4.94. The smallest absolute Gasteiger partial charge is 0.133 e. The molecule has 0 heterocycles. The van der Waals surface area contributed by atoms with Gasteiger partial charge >= 0.3 is 0 Å². The monoisotopic (exact) mass is 399 g/mol. The lowest BCUT2D eigenvalue weighted by Crippen LogP contribution is -2.22. The molecule has 0 bridgehead atoms. The number of rotatable bonds is 6. The quantitative estimate of drug-likeness (QED) is 0.417. The van der Waals surface area contributed by atoms with Crippen LogP contribution in [0.25, 0.3) is 0 Å². The van der Waals surface area contributed by atoms with E-state index in [-0.39, 0.29) is 12.4 Å². The van der Waals surface area contributed by atoms with Gasteiger partial charge in [-0.25, -0.2) is 9.40 Å². The summed E-state index contributed by atoms with van der Waals surface area (Å²) in [6.07, 6.45) is 6.85. The molecule has 0 fully saturated rings. The van der Waals surface area contributed by atoms with Gasteiger partial charge in [0.1, 0.15) is 18.2 Å². The summed E-state index contributed by atoms with van der Waals surface area (Å²) in [7, 11) is 0. The van der Waals surface area contributed by atoms with Crippen LogP contribution >= 0.6 is 15.9 Å². The van der Waals surface area contributed by atoms with Crippen molar-refractivity contribution >= 4 is 27.8 Å². The number of hydrogen-bond donors (Lipinski definition) is 1. The first kappa shape index (κ1) is 18.8. The second kappa shape index (κ2) is 8.50. The van der Waals surface area contributed by atoms with Crippen LogP contribution < -0.4 is 5.32 Å². The van der Waals surface area contributed by atoms with Crippen molar-refractivity contribution in [3.05, 3.63) is 75.8 Å². The molecule has 2 aromatic carbocycles.